The van der Waals surface area contributed by atoms with Crippen LogP contribution in [0.5, 0.6) is 0 Å². The van der Waals surface area contributed by atoms with Crippen LogP contribution in [0, 0.1) is 5.41 Å². The summed E-state index contributed by atoms with van der Waals surface area (Å²) in [6.07, 6.45) is 5.37. The van der Waals surface area contributed by atoms with E-state index in [1.165, 1.54) is 4.88 Å². The van der Waals surface area contributed by atoms with Crippen molar-refractivity contribution < 1.29 is 9.21 Å². The van der Waals surface area contributed by atoms with Crippen LogP contribution in [-0.4, -0.2) is 66.5 Å². The van der Waals surface area contributed by atoms with Crippen molar-refractivity contribution in [2.45, 2.75) is 31.7 Å². The largest absolute Gasteiger partial charge is 0.420 e. The van der Waals surface area contributed by atoms with Crippen LogP contribution in [0.1, 0.15) is 22.9 Å². The van der Waals surface area contributed by atoms with Gasteiger partial charge in [0.15, 0.2) is 0 Å². The van der Waals surface area contributed by atoms with Gasteiger partial charge >= 0.3 is 0 Å². The molecule has 1 unspecified atom stereocenters. The zero-order valence-electron chi connectivity index (χ0n) is 17.0. The summed E-state index contributed by atoms with van der Waals surface area (Å²) in [5.41, 5.74) is 4.36. The number of nitrogens with two attached hydrogens (primary N) is 1. The number of thiazole rings is 1. The summed E-state index contributed by atoms with van der Waals surface area (Å²) in [6, 6.07) is 0.236. The van der Waals surface area contributed by atoms with E-state index in [1.807, 2.05) is 5.51 Å². The molecule has 32 heavy (non-hydrogen) atoms. The van der Waals surface area contributed by atoms with E-state index in [0.717, 1.165) is 18.5 Å². The van der Waals surface area contributed by atoms with E-state index in [9.17, 15) is 4.79 Å². The Hall–Kier alpha value is -3.74. The van der Waals surface area contributed by atoms with E-state index in [-0.39, 0.29) is 36.7 Å². The molecule has 0 spiro atoms. The SMILES string of the molecule is N=C1CCN(C(=O)Cc2nnc(-c3cnc(NC4Cc5ncsc5C4)nc3)o2)CC1=NN. The first-order chi connectivity index (χ1) is 15.6. The number of piperidine rings is 1. The van der Waals surface area contributed by atoms with Crippen molar-refractivity contribution in [3.63, 3.8) is 0 Å². The number of amides is 1. The number of carbonyl (C=O) groups is 1. The van der Waals surface area contributed by atoms with Crippen LogP contribution >= 0.6 is 11.3 Å². The Morgan fingerprint density at radius 2 is 2.16 bits per heavy atom. The van der Waals surface area contributed by atoms with Crippen LogP contribution in [0.2, 0.25) is 0 Å². The number of nitrogens with zero attached hydrogens (tertiary/aromatic N) is 7. The van der Waals surface area contributed by atoms with Crippen molar-refractivity contribution in [1.82, 2.24) is 30.0 Å². The number of hydrazone groups is 1. The minimum Gasteiger partial charge on any atom is -0.420 e. The second kappa shape index (κ2) is 8.42. The molecule has 1 saturated heterocycles. The maximum Gasteiger partial charge on any atom is 0.250 e. The molecular formula is C19H20N10O2S. The van der Waals surface area contributed by atoms with Crippen LogP contribution in [0.3, 0.4) is 0 Å². The van der Waals surface area contributed by atoms with Crippen molar-refractivity contribution in [3.8, 4) is 11.5 Å². The first-order valence-electron chi connectivity index (χ1n) is 10.0. The molecule has 1 aliphatic carbocycles. The number of aromatic nitrogens is 5. The zero-order chi connectivity index (χ0) is 22.1. The van der Waals surface area contributed by atoms with Crippen molar-refractivity contribution in [2.24, 2.45) is 10.9 Å². The Labute approximate surface area is 186 Å². The fourth-order valence-electron chi connectivity index (χ4n) is 3.71. The summed E-state index contributed by atoms with van der Waals surface area (Å²) in [7, 11) is 0. The third-order valence-electron chi connectivity index (χ3n) is 5.43. The molecule has 5 rings (SSSR count). The lowest BCUT2D eigenvalue weighted by molar-refractivity contribution is -0.130. The van der Waals surface area contributed by atoms with Gasteiger partial charge in [0, 0.05) is 49.1 Å². The summed E-state index contributed by atoms with van der Waals surface area (Å²) >= 11 is 1.68. The number of fused-ring (bicyclic) bond motifs is 1. The van der Waals surface area contributed by atoms with E-state index in [0.29, 0.717) is 35.9 Å². The third-order valence-corrected chi connectivity index (χ3v) is 6.33. The second-order valence-corrected chi connectivity index (χ2v) is 8.50. The first kappa shape index (κ1) is 20.2. The number of rotatable bonds is 5. The molecule has 2 aliphatic rings. The Balaban J connectivity index is 1.19. The minimum absolute atomic E-state index is 0.0431. The molecule has 4 N–H and O–H groups in total. The van der Waals surface area contributed by atoms with E-state index in [2.05, 4.69) is 35.6 Å². The molecule has 0 radical (unpaired) electrons. The number of likely N-dealkylation sites (tertiary alicyclic amines) is 1. The highest BCUT2D eigenvalue weighted by Crippen LogP contribution is 2.26. The molecule has 1 atom stereocenters. The van der Waals surface area contributed by atoms with E-state index in [4.69, 9.17) is 15.7 Å². The van der Waals surface area contributed by atoms with Crippen LogP contribution < -0.4 is 11.2 Å². The monoisotopic (exact) mass is 452 g/mol. The van der Waals surface area contributed by atoms with Crippen LogP contribution in [0.15, 0.2) is 27.4 Å². The van der Waals surface area contributed by atoms with E-state index >= 15 is 0 Å². The molecule has 1 amide bonds. The Bertz CT molecular complexity index is 1160. The van der Waals surface area contributed by atoms with Crippen molar-refractivity contribution >= 4 is 34.6 Å². The number of nitrogens with one attached hydrogen (secondary N) is 2. The Morgan fingerprint density at radius 1 is 1.31 bits per heavy atom. The minimum atomic E-state index is -0.191. The maximum atomic E-state index is 12.5. The zero-order valence-corrected chi connectivity index (χ0v) is 17.8. The molecule has 12 nitrogen and oxygen atoms in total. The number of anilines is 1. The number of hydrogen-bond acceptors (Lipinski definition) is 12. The maximum absolute atomic E-state index is 12.5. The molecule has 13 heteroatoms. The molecule has 3 aromatic rings. The van der Waals surface area contributed by atoms with Crippen LogP contribution in [0.25, 0.3) is 11.5 Å². The number of hydrogen-bond donors (Lipinski definition) is 3. The molecule has 1 fully saturated rings. The molecule has 1 aliphatic heterocycles. The Kier molecular flexibility index (Phi) is 5.31. The summed E-state index contributed by atoms with van der Waals surface area (Å²) in [4.78, 5) is 28.5. The predicted octanol–water partition coefficient (Wildman–Crippen LogP) is 0.672. The summed E-state index contributed by atoms with van der Waals surface area (Å²) in [6.45, 7) is 0.645. The van der Waals surface area contributed by atoms with Gasteiger partial charge < -0.3 is 25.9 Å². The lowest BCUT2D eigenvalue weighted by Crippen LogP contribution is -2.45. The van der Waals surface area contributed by atoms with Crippen molar-refractivity contribution in [3.05, 3.63) is 34.4 Å². The number of carbonyl (C=O) groups excluding carboxylic acids is 1. The molecule has 0 saturated carbocycles. The molecule has 164 valence electrons. The van der Waals surface area contributed by atoms with Gasteiger partial charge in [0.05, 0.1) is 29.0 Å². The van der Waals surface area contributed by atoms with Gasteiger partial charge in [0.25, 0.3) is 5.89 Å². The fraction of sp³-hybridized carbons (Fsp3) is 0.368. The van der Waals surface area contributed by atoms with Crippen molar-refractivity contribution in [2.75, 3.05) is 18.4 Å². The predicted molar refractivity (Wildman–Crippen MR) is 117 cm³/mol. The van der Waals surface area contributed by atoms with Gasteiger partial charge in [-0.25, -0.2) is 15.0 Å². The molecular weight excluding hydrogens is 432 g/mol. The third kappa shape index (κ3) is 4.06. The highest BCUT2D eigenvalue weighted by molar-refractivity contribution is 7.09. The fourth-order valence-corrected chi connectivity index (χ4v) is 4.59. The van der Waals surface area contributed by atoms with Crippen molar-refractivity contribution in [1.29, 1.82) is 5.41 Å². The second-order valence-electron chi connectivity index (χ2n) is 7.56. The van der Waals surface area contributed by atoms with Gasteiger partial charge in [0.1, 0.15) is 12.1 Å². The molecule has 0 bridgehead atoms. The summed E-state index contributed by atoms with van der Waals surface area (Å²) in [5.74, 6) is 6.08. The average molecular weight is 453 g/mol. The average Bonchev–Trinajstić information content (AvgIpc) is 3.51. The normalized spacial score (nSPS) is 19.4. The van der Waals surface area contributed by atoms with Gasteiger partial charge in [-0.05, 0) is 0 Å². The lowest BCUT2D eigenvalue weighted by Gasteiger charge is -2.27. The first-order valence-corrected chi connectivity index (χ1v) is 10.9. The van der Waals surface area contributed by atoms with Crippen LogP contribution in [0.4, 0.5) is 5.95 Å². The van der Waals surface area contributed by atoms with Gasteiger partial charge in [0.2, 0.25) is 17.7 Å². The standard InChI is InChI=1S/C19H20N10O2S/c20-12-1-2-29(8-14(12)26-21)17(30)5-16-27-28-18(31-16)10-6-22-19(23-7-10)25-11-3-13-15(4-11)32-9-24-13/h6-7,9,11,20H,1-5,8,21H2,(H,22,23,25). The van der Waals surface area contributed by atoms with Gasteiger partial charge in [-0.15, -0.1) is 21.5 Å². The van der Waals surface area contributed by atoms with E-state index < -0.39 is 0 Å². The molecule has 0 aromatic carbocycles. The molecule has 4 heterocycles. The topological polar surface area (TPSA) is 172 Å². The van der Waals surface area contributed by atoms with E-state index in [1.54, 1.807) is 28.6 Å². The lowest BCUT2D eigenvalue weighted by atomic mass is 10.1. The van der Waals surface area contributed by atoms with Gasteiger partial charge in [-0.1, -0.05) is 0 Å². The van der Waals surface area contributed by atoms with Gasteiger partial charge in [-0.3, -0.25) is 4.79 Å². The summed E-state index contributed by atoms with van der Waals surface area (Å²) < 4.78 is 5.64. The smallest absolute Gasteiger partial charge is 0.250 e. The quantitative estimate of drug-likeness (QED) is 0.371. The Morgan fingerprint density at radius 3 is 2.94 bits per heavy atom. The molecule has 3 aromatic heterocycles. The summed E-state index contributed by atoms with van der Waals surface area (Å²) in [5, 5.41) is 22.7. The van der Waals surface area contributed by atoms with Gasteiger partial charge in [-0.2, -0.15) is 5.10 Å². The highest BCUT2D eigenvalue weighted by atomic mass is 32.1. The van der Waals surface area contributed by atoms with Crippen LogP contribution in [-0.2, 0) is 24.1 Å². The highest BCUT2D eigenvalue weighted by Gasteiger charge is 2.26.